The van der Waals surface area contributed by atoms with Crippen molar-refractivity contribution in [3.63, 3.8) is 0 Å². The highest BCUT2D eigenvalue weighted by Gasteiger charge is 2.36. The topological polar surface area (TPSA) is 70.6 Å². The molecule has 1 amide bonds. The van der Waals surface area contributed by atoms with Crippen molar-refractivity contribution in [2.45, 2.75) is 50.6 Å². The van der Waals surface area contributed by atoms with Crippen LogP contribution in [0, 0.1) is 5.92 Å². The molecule has 3 N–H and O–H groups in total. The summed E-state index contributed by atoms with van der Waals surface area (Å²) in [6, 6.07) is 0.102. The van der Waals surface area contributed by atoms with Crippen molar-refractivity contribution in [3.8, 4) is 0 Å². The molecule has 1 aliphatic carbocycles. The maximum Gasteiger partial charge on any atom is 0.222 e. The molecule has 2 fully saturated rings. The molecule has 110 valence electrons. The van der Waals surface area contributed by atoms with Gasteiger partial charge in [0.05, 0.1) is 25.4 Å². The molecule has 19 heavy (non-hydrogen) atoms. The third-order valence-electron chi connectivity index (χ3n) is 4.23. The van der Waals surface area contributed by atoms with Crippen molar-refractivity contribution in [2.75, 3.05) is 26.4 Å². The first-order valence-electron chi connectivity index (χ1n) is 7.36. The Balaban J connectivity index is 1.84. The Bertz CT molecular complexity index is 305. The number of hydrogen-bond acceptors (Lipinski definition) is 4. The summed E-state index contributed by atoms with van der Waals surface area (Å²) in [5.41, 5.74) is -0.399. The second kappa shape index (κ2) is 6.68. The maximum absolute atomic E-state index is 12.1. The molecule has 0 aromatic heterocycles. The second-order valence-electron chi connectivity index (χ2n) is 6.12. The smallest absolute Gasteiger partial charge is 0.222 e. The van der Waals surface area contributed by atoms with E-state index in [-0.39, 0.29) is 18.6 Å². The number of aliphatic hydroxyl groups is 1. The zero-order chi connectivity index (χ0) is 13.7. The Morgan fingerprint density at radius 1 is 1.58 bits per heavy atom. The van der Waals surface area contributed by atoms with E-state index in [1.165, 1.54) is 6.42 Å². The van der Waals surface area contributed by atoms with Crippen LogP contribution in [0.4, 0.5) is 0 Å². The van der Waals surface area contributed by atoms with Crippen LogP contribution < -0.4 is 10.6 Å². The summed E-state index contributed by atoms with van der Waals surface area (Å²) in [6.07, 6.45) is 4.45. The number of aliphatic hydroxyl groups excluding tert-OH is 1. The van der Waals surface area contributed by atoms with Crippen LogP contribution in [0.3, 0.4) is 0 Å². The third kappa shape index (κ3) is 4.16. The van der Waals surface area contributed by atoms with E-state index in [1.54, 1.807) is 0 Å². The molecule has 5 nitrogen and oxygen atoms in total. The van der Waals surface area contributed by atoms with E-state index in [2.05, 4.69) is 17.6 Å². The number of morpholine rings is 1. The van der Waals surface area contributed by atoms with Gasteiger partial charge in [-0.2, -0.15) is 0 Å². The second-order valence-corrected chi connectivity index (χ2v) is 6.12. The van der Waals surface area contributed by atoms with Crippen LogP contribution in [-0.2, 0) is 9.53 Å². The van der Waals surface area contributed by atoms with Gasteiger partial charge in [0.2, 0.25) is 5.91 Å². The van der Waals surface area contributed by atoms with Crippen LogP contribution >= 0.6 is 0 Å². The predicted molar refractivity (Wildman–Crippen MR) is 72.8 cm³/mol. The zero-order valence-electron chi connectivity index (χ0n) is 11.8. The molecule has 1 saturated carbocycles. The third-order valence-corrected chi connectivity index (χ3v) is 4.23. The lowest BCUT2D eigenvalue weighted by Gasteiger charge is -2.39. The van der Waals surface area contributed by atoms with Crippen molar-refractivity contribution in [1.82, 2.24) is 10.6 Å². The summed E-state index contributed by atoms with van der Waals surface area (Å²) >= 11 is 0. The van der Waals surface area contributed by atoms with E-state index < -0.39 is 5.54 Å². The van der Waals surface area contributed by atoms with Gasteiger partial charge < -0.3 is 20.5 Å². The molecule has 1 aliphatic heterocycles. The van der Waals surface area contributed by atoms with Crippen LogP contribution in [-0.4, -0.2) is 49.0 Å². The summed E-state index contributed by atoms with van der Waals surface area (Å²) in [7, 11) is 0. The molecule has 1 saturated heterocycles. The number of ether oxygens (including phenoxy) is 1. The van der Waals surface area contributed by atoms with Gasteiger partial charge >= 0.3 is 0 Å². The minimum absolute atomic E-state index is 0.0196. The molecule has 0 aromatic carbocycles. The Kier molecular flexibility index (Phi) is 5.19. The monoisotopic (exact) mass is 270 g/mol. The SMILES string of the molecule is CC1CCCC(CO)(NC(=O)CC2COCCN2)C1. The van der Waals surface area contributed by atoms with Gasteiger partial charge in [0.1, 0.15) is 0 Å². The standard InChI is InChI=1S/C14H26N2O3/c1-11-3-2-4-14(8-11,10-17)16-13(18)7-12-9-19-6-5-15-12/h11-12,15,17H,2-10H2,1H3,(H,16,18). The molecule has 3 atom stereocenters. The number of rotatable bonds is 4. The molecular formula is C14H26N2O3. The first-order chi connectivity index (χ1) is 9.13. The van der Waals surface area contributed by atoms with E-state index in [0.717, 1.165) is 32.4 Å². The number of hydrogen-bond donors (Lipinski definition) is 3. The van der Waals surface area contributed by atoms with E-state index in [0.29, 0.717) is 18.9 Å². The van der Waals surface area contributed by atoms with Crippen LogP contribution in [0.1, 0.15) is 39.0 Å². The fourth-order valence-corrected chi connectivity index (χ4v) is 3.28. The molecule has 3 unspecified atom stereocenters. The molecule has 0 spiro atoms. The molecule has 0 aromatic rings. The number of amides is 1. The van der Waals surface area contributed by atoms with E-state index >= 15 is 0 Å². The van der Waals surface area contributed by atoms with Gasteiger partial charge in [0.25, 0.3) is 0 Å². The summed E-state index contributed by atoms with van der Waals surface area (Å²) in [5, 5.41) is 16.0. The van der Waals surface area contributed by atoms with Crippen molar-refractivity contribution in [1.29, 1.82) is 0 Å². The van der Waals surface area contributed by atoms with Crippen LogP contribution in [0.5, 0.6) is 0 Å². The predicted octanol–water partition coefficient (Wildman–Crippen LogP) is 0.422. The average molecular weight is 270 g/mol. The highest BCUT2D eigenvalue weighted by molar-refractivity contribution is 5.77. The van der Waals surface area contributed by atoms with Crippen LogP contribution in [0.15, 0.2) is 0 Å². The summed E-state index contributed by atoms with van der Waals surface area (Å²) in [4.78, 5) is 12.1. The van der Waals surface area contributed by atoms with E-state index in [4.69, 9.17) is 4.74 Å². The van der Waals surface area contributed by atoms with E-state index in [9.17, 15) is 9.90 Å². The van der Waals surface area contributed by atoms with Crippen molar-refractivity contribution in [2.24, 2.45) is 5.92 Å². The molecule has 2 aliphatic rings. The molecule has 1 heterocycles. The highest BCUT2D eigenvalue weighted by atomic mass is 16.5. The van der Waals surface area contributed by atoms with Gasteiger partial charge in [0.15, 0.2) is 0 Å². The quantitative estimate of drug-likeness (QED) is 0.692. The van der Waals surface area contributed by atoms with Crippen LogP contribution in [0.25, 0.3) is 0 Å². The van der Waals surface area contributed by atoms with Gasteiger partial charge in [0, 0.05) is 19.0 Å². The number of carbonyl (C=O) groups is 1. The van der Waals surface area contributed by atoms with Gasteiger partial charge in [-0.05, 0) is 18.8 Å². The van der Waals surface area contributed by atoms with Gasteiger partial charge in [-0.1, -0.05) is 19.8 Å². The molecular weight excluding hydrogens is 244 g/mol. The van der Waals surface area contributed by atoms with Crippen molar-refractivity contribution >= 4 is 5.91 Å². The van der Waals surface area contributed by atoms with Gasteiger partial charge in [-0.25, -0.2) is 0 Å². The Morgan fingerprint density at radius 3 is 3.05 bits per heavy atom. The van der Waals surface area contributed by atoms with Crippen molar-refractivity contribution in [3.05, 3.63) is 0 Å². The average Bonchev–Trinajstić information content (AvgIpc) is 2.39. The maximum atomic E-state index is 12.1. The molecule has 5 heteroatoms. The number of nitrogens with one attached hydrogen (secondary N) is 2. The Hall–Kier alpha value is -0.650. The molecule has 2 rings (SSSR count). The van der Waals surface area contributed by atoms with Crippen molar-refractivity contribution < 1.29 is 14.6 Å². The Labute approximate surface area is 115 Å². The summed E-state index contributed by atoms with van der Waals surface area (Å²) < 4.78 is 5.35. The lowest BCUT2D eigenvalue weighted by molar-refractivity contribution is -0.125. The fourth-order valence-electron chi connectivity index (χ4n) is 3.28. The van der Waals surface area contributed by atoms with Gasteiger partial charge in [-0.3, -0.25) is 4.79 Å². The van der Waals surface area contributed by atoms with Gasteiger partial charge in [-0.15, -0.1) is 0 Å². The summed E-state index contributed by atoms with van der Waals surface area (Å²) in [6.45, 7) is 4.34. The minimum Gasteiger partial charge on any atom is -0.394 e. The number of carbonyl (C=O) groups excluding carboxylic acids is 1. The lowest BCUT2D eigenvalue weighted by Crippen LogP contribution is -2.55. The van der Waals surface area contributed by atoms with Crippen LogP contribution in [0.2, 0.25) is 0 Å². The lowest BCUT2D eigenvalue weighted by atomic mass is 9.76. The molecule has 0 bridgehead atoms. The minimum atomic E-state index is -0.399. The largest absolute Gasteiger partial charge is 0.394 e. The van der Waals surface area contributed by atoms with E-state index in [1.807, 2.05) is 0 Å². The first-order valence-corrected chi connectivity index (χ1v) is 7.36. The first kappa shape index (κ1) is 14.8. The Morgan fingerprint density at radius 2 is 2.42 bits per heavy atom. The normalized spacial score (nSPS) is 35.9. The highest BCUT2D eigenvalue weighted by Crippen LogP contribution is 2.32. The zero-order valence-corrected chi connectivity index (χ0v) is 11.8. The summed E-state index contributed by atoms with van der Waals surface area (Å²) in [5.74, 6) is 0.587. The fraction of sp³-hybridized carbons (Fsp3) is 0.929. The molecule has 0 radical (unpaired) electrons.